The minimum Gasteiger partial charge on any atom is -0.360 e. The van der Waals surface area contributed by atoms with Crippen molar-refractivity contribution in [3.05, 3.63) is 11.8 Å². The Kier molecular flexibility index (Phi) is 4.96. The molecule has 0 atom stereocenters. The molecule has 0 aliphatic carbocycles. The van der Waals surface area contributed by atoms with Gasteiger partial charge in [-0.1, -0.05) is 5.16 Å². The number of carbonyl (C=O) groups excluding carboxylic acids is 2. The van der Waals surface area contributed by atoms with Crippen molar-refractivity contribution in [1.82, 2.24) is 10.1 Å². The van der Waals surface area contributed by atoms with Crippen LogP contribution < -0.4 is 5.32 Å². The number of amides is 2. The summed E-state index contributed by atoms with van der Waals surface area (Å²) in [5, 5.41) is 6.13. The number of hydrogen-bond donors (Lipinski definition) is 1. The molecule has 0 aromatic carbocycles. The average Bonchev–Trinajstić information content (AvgIpc) is 2.64. The summed E-state index contributed by atoms with van der Waals surface area (Å²) in [7, 11) is 1.54. The third-order valence-corrected chi connectivity index (χ3v) is 2.20. The van der Waals surface area contributed by atoms with Gasteiger partial charge in [0.15, 0.2) is 5.82 Å². The van der Waals surface area contributed by atoms with E-state index in [0.717, 1.165) is 0 Å². The number of nitrogens with one attached hydrogen (secondary N) is 1. The summed E-state index contributed by atoms with van der Waals surface area (Å²) in [4.78, 5) is 24.2. The Balaban J connectivity index is 2.41. The number of carbonyl (C=O) groups is 2. The van der Waals surface area contributed by atoms with E-state index in [2.05, 4.69) is 10.5 Å². The van der Waals surface area contributed by atoms with Crippen LogP contribution in [0.2, 0.25) is 0 Å². The van der Waals surface area contributed by atoms with Crippen molar-refractivity contribution in [3.63, 3.8) is 0 Å². The molecule has 94 valence electrons. The maximum Gasteiger partial charge on any atom is 0.245 e. The molecule has 1 N–H and O–H groups in total. The highest BCUT2D eigenvalue weighted by atomic mass is 35.5. The highest BCUT2D eigenvalue weighted by Crippen LogP contribution is 2.06. The van der Waals surface area contributed by atoms with Gasteiger partial charge in [0.1, 0.15) is 5.76 Å². The number of aryl methyl sites for hydroxylation is 1. The molecule has 7 heteroatoms. The van der Waals surface area contributed by atoms with E-state index < -0.39 is 0 Å². The summed E-state index contributed by atoms with van der Waals surface area (Å²) in [6.07, 6.45) is 0.217. The second-order valence-corrected chi connectivity index (χ2v) is 3.94. The van der Waals surface area contributed by atoms with Gasteiger partial charge in [0, 0.05) is 25.4 Å². The zero-order chi connectivity index (χ0) is 12.8. The number of rotatable bonds is 5. The first-order chi connectivity index (χ1) is 8.02. The molecule has 0 bridgehead atoms. The molecule has 17 heavy (non-hydrogen) atoms. The van der Waals surface area contributed by atoms with E-state index in [9.17, 15) is 9.59 Å². The van der Waals surface area contributed by atoms with Crippen LogP contribution in [0, 0.1) is 6.92 Å². The van der Waals surface area contributed by atoms with Gasteiger partial charge in [-0.25, -0.2) is 0 Å². The van der Waals surface area contributed by atoms with E-state index in [-0.39, 0.29) is 30.7 Å². The molecule has 0 aliphatic heterocycles. The largest absolute Gasteiger partial charge is 0.360 e. The lowest BCUT2D eigenvalue weighted by Gasteiger charge is -2.15. The smallest absolute Gasteiger partial charge is 0.245 e. The summed E-state index contributed by atoms with van der Waals surface area (Å²) >= 11 is 5.44. The van der Waals surface area contributed by atoms with E-state index in [1.54, 1.807) is 20.0 Å². The number of hydrogen-bond acceptors (Lipinski definition) is 4. The predicted molar refractivity (Wildman–Crippen MR) is 62.8 cm³/mol. The van der Waals surface area contributed by atoms with Crippen LogP contribution in [0.15, 0.2) is 10.6 Å². The molecule has 0 aliphatic rings. The first-order valence-corrected chi connectivity index (χ1v) is 5.59. The number of aromatic nitrogens is 1. The number of nitrogens with zero attached hydrogens (tertiary/aromatic N) is 2. The fraction of sp³-hybridized carbons (Fsp3) is 0.500. The molecule has 0 saturated carbocycles. The van der Waals surface area contributed by atoms with Gasteiger partial charge in [-0.3, -0.25) is 9.59 Å². The fourth-order valence-corrected chi connectivity index (χ4v) is 1.34. The monoisotopic (exact) mass is 259 g/mol. The third kappa shape index (κ3) is 4.44. The van der Waals surface area contributed by atoms with Crippen molar-refractivity contribution in [2.45, 2.75) is 13.3 Å². The normalized spacial score (nSPS) is 10.1. The van der Waals surface area contributed by atoms with E-state index in [1.807, 2.05) is 0 Å². The molecule has 0 fully saturated rings. The Bertz CT molecular complexity index is 405. The number of likely N-dealkylation sites (N-methyl/N-ethyl adjacent to an activating group) is 1. The second-order valence-electron chi connectivity index (χ2n) is 3.56. The second kappa shape index (κ2) is 6.24. The number of anilines is 1. The van der Waals surface area contributed by atoms with Crippen molar-refractivity contribution < 1.29 is 14.1 Å². The van der Waals surface area contributed by atoms with Gasteiger partial charge in [0.2, 0.25) is 11.8 Å². The number of alkyl halides is 1. The van der Waals surface area contributed by atoms with Gasteiger partial charge in [-0.15, -0.1) is 11.6 Å². The summed E-state index contributed by atoms with van der Waals surface area (Å²) in [6.45, 7) is 1.68. The van der Waals surface area contributed by atoms with Crippen LogP contribution in [-0.2, 0) is 9.59 Å². The molecule has 1 aromatic rings. The molecule has 0 saturated heterocycles. The Hall–Kier alpha value is -1.56. The zero-order valence-electron chi connectivity index (χ0n) is 9.70. The van der Waals surface area contributed by atoms with Crippen LogP contribution in [0.1, 0.15) is 12.2 Å². The van der Waals surface area contributed by atoms with Crippen LogP contribution in [0.3, 0.4) is 0 Å². The van der Waals surface area contributed by atoms with Gasteiger partial charge in [0.05, 0.1) is 6.54 Å². The van der Waals surface area contributed by atoms with Crippen LogP contribution in [0.5, 0.6) is 0 Å². The molecule has 0 spiro atoms. The van der Waals surface area contributed by atoms with Crippen molar-refractivity contribution in [3.8, 4) is 0 Å². The van der Waals surface area contributed by atoms with Gasteiger partial charge >= 0.3 is 0 Å². The van der Waals surface area contributed by atoms with Crippen LogP contribution >= 0.6 is 11.6 Å². The Morgan fingerprint density at radius 2 is 2.29 bits per heavy atom. The summed E-state index contributed by atoms with van der Waals surface area (Å²) in [6, 6.07) is 1.60. The molecule has 2 amide bonds. The lowest BCUT2D eigenvalue weighted by molar-refractivity contribution is -0.132. The van der Waals surface area contributed by atoms with Gasteiger partial charge < -0.3 is 14.7 Å². The zero-order valence-corrected chi connectivity index (χ0v) is 10.5. The van der Waals surface area contributed by atoms with Crippen molar-refractivity contribution >= 4 is 29.2 Å². The van der Waals surface area contributed by atoms with Crippen molar-refractivity contribution in [2.24, 2.45) is 0 Å². The third-order valence-electron chi connectivity index (χ3n) is 2.01. The summed E-state index contributed by atoms with van der Waals surface area (Å²) in [5.41, 5.74) is 0. The SMILES string of the molecule is Cc1cc(NC(=O)CN(C)C(=O)CCCl)no1. The van der Waals surface area contributed by atoms with Crippen molar-refractivity contribution in [1.29, 1.82) is 0 Å². The van der Waals surface area contributed by atoms with E-state index >= 15 is 0 Å². The first kappa shape index (κ1) is 13.5. The summed E-state index contributed by atoms with van der Waals surface area (Å²) < 4.78 is 4.79. The molecular weight excluding hydrogens is 246 g/mol. The standard InChI is InChI=1S/C10H14ClN3O3/c1-7-5-8(13-17-7)12-9(15)6-14(2)10(16)3-4-11/h5H,3-4,6H2,1-2H3,(H,12,13,15). The molecule has 0 unspecified atom stereocenters. The summed E-state index contributed by atoms with van der Waals surface area (Å²) in [5.74, 6) is 0.681. The predicted octanol–water partition coefficient (Wildman–Crippen LogP) is 1.01. The van der Waals surface area contributed by atoms with Crippen LogP contribution in [0.4, 0.5) is 5.82 Å². The Morgan fingerprint density at radius 1 is 1.59 bits per heavy atom. The van der Waals surface area contributed by atoms with E-state index in [1.165, 1.54) is 4.90 Å². The molecule has 0 radical (unpaired) electrons. The quantitative estimate of drug-likeness (QED) is 0.801. The fourth-order valence-electron chi connectivity index (χ4n) is 1.18. The topological polar surface area (TPSA) is 75.4 Å². The lowest BCUT2D eigenvalue weighted by atomic mass is 10.4. The maximum atomic E-state index is 11.5. The highest BCUT2D eigenvalue weighted by Gasteiger charge is 2.13. The first-order valence-electron chi connectivity index (χ1n) is 5.06. The molecule has 1 rings (SSSR count). The maximum absolute atomic E-state index is 11.5. The molecule has 6 nitrogen and oxygen atoms in total. The van der Waals surface area contributed by atoms with Gasteiger partial charge in [-0.05, 0) is 6.92 Å². The van der Waals surface area contributed by atoms with Gasteiger partial charge in [0.25, 0.3) is 0 Å². The lowest BCUT2D eigenvalue weighted by Crippen LogP contribution is -2.35. The van der Waals surface area contributed by atoms with E-state index in [4.69, 9.17) is 16.1 Å². The Labute approximate surface area is 104 Å². The van der Waals surface area contributed by atoms with Gasteiger partial charge in [-0.2, -0.15) is 0 Å². The van der Waals surface area contributed by atoms with Crippen LogP contribution in [-0.4, -0.2) is 41.3 Å². The Morgan fingerprint density at radius 3 is 2.82 bits per heavy atom. The highest BCUT2D eigenvalue weighted by molar-refractivity contribution is 6.18. The molecule has 1 aromatic heterocycles. The average molecular weight is 260 g/mol. The molecular formula is C10H14ClN3O3. The van der Waals surface area contributed by atoms with Crippen molar-refractivity contribution in [2.75, 3.05) is 24.8 Å². The minimum atomic E-state index is -0.330. The van der Waals surface area contributed by atoms with E-state index in [0.29, 0.717) is 11.6 Å². The molecule has 1 heterocycles. The minimum absolute atomic E-state index is 0.0400. The van der Waals surface area contributed by atoms with Crippen LogP contribution in [0.25, 0.3) is 0 Å². The number of halogens is 1.